The van der Waals surface area contributed by atoms with Crippen LogP contribution in [-0.2, 0) is 6.54 Å². The number of rotatable bonds is 5. The fourth-order valence-electron chi connectivity index (χ4n) is 1.16. The van der Waals surface area contributed by atoms with Crippen LogP contribution >= 0.6 is 11.6 Å². The molecule has 0 fully saturated rings. The predicted octanol–water partition coefficient (Wildman–Crippen LogP) is 3.30. The minimum absolute atomic E-state index is 0.155. The fourth-order valence-corrected chi connectivity index (χ4v) is 1.26. The van der Waals surface area contributed by atoms with E-state index in [1.165, 1.54) is 12.1 Å². The van der Waals surface area contributed by atoms with Gasteiger partial charge >= 0.3 is 6.36 Å². The van der Waals surface area contributed by atoms with Crippen LogP contribution in [0.2, 0.25) is 0 Å². The topological polar surface area (TPSA) is 21.3 Å². The molecule has 0 heterocycles. The van der Waals surface area contributed by atoms with E-state index in [0.29, 0.717) is 12.4 Å². The Labute approximate surface area is 103 Å². The van der Waals surface area contributed by atoms with Crippen LogP contribution in [0.3, 0.4) is 0 Å². The molecule has 2 nitrogen and oxygen atoms in total. The summed E-state index contributed by atoms with van der Waals surface area (Å²) in [6.07, 6.45) is -4.65. The Morgan fingerprint density at radius 3 is 2.35 bits per heavy atom. The van der Waals surface area contributed by atoms with Crippen molar-refractivity contribution in [2.75, 3.05) is 5.88 Å². The summed E-state index contributed by atoms with van der Waals surface area (Å²) in [4.78, 5) is 0. The van der Waals surface area contributed by atoms with Crippen LogP contribution in [0.1, 0.15) is 12.5 Å². The van der Waals surface area contributed by atoms with E-state index in [9.17, 15) is 13.2 Å². The van der Waals surface area contributed by atoms with E-state index < -0.39 is 6.36 Å². The van der Waals surface area contributed by atoms with Gasteiger partial charge in [-0.2, -0.15) is 0 Å². The SMILES string of the molecule is CC(CCl)NCc1ccc(OC(F)(F)F)cc1. The van der Waals surface area contributed by atoms with Gasteiger partial charge in [-0.15, -0.1) is 24.8 Å². The van der Waals surface area contributed by atoms with Gasteiger partial charge in [0.05, 0.1) is 0 Å². The molecule has 96 valence electrons. The second kappa shape index (κ2) is 6.12. The van der Waals surface area contributed by atoms with Crippen LogP contribution in [0.25, 0.3) is 0 Å². The molecular weight excluding hydrogens is 255 g/mol. The lowest BCUT2D eigenvalue weighted by atomic mass is 10.2. The van der Waals surface area contributed by atoms with Gasteiger partial charge in [-0.3, -0.25) is 0 Å². The molecule has 0 spiro atoms. The second-order valence-electron chi connectivity index (χ2n) is 3.63. The highest BCUT2D eigenvalue weighted by molar-refractivity contribution is 6.18. The highest BCUT2D eigenvalue weighted by Gasteiger charge is 2.30. The monoisotopic (exact) mass is 267 g/mol. The van der Waals surface area contributed by atoms with E-state index >= 15 is 0 Å². The zero-order valence-corrected chi connectivity index (χ0v) is 9.98. The first-order valence-corrected chi connectivity index (χ1v) is 5.58. The first-order valence-electron chi connectivity index (χ1n) is 5.05. The lowest BCUT2D eigenvalue weighted by molar-refractivity contribution is -0.274. The Kier molecular flexibility index (Phi) is 5.08. The van der Waals surface area contributed by atoms with Crippen molar-refractivity contribution in [1.29, 1.82) is 0 Å². The van der Waals surface area contributed by atoms with Crippen molar-refractivity contribution in [3.05, 3.63) is 29.8 Å². The van der Waals surface area contributed by atoms with Crippen LogP contribution in [0, 0.1) is 0 Å². The third-order valence-electron chi connectivity index (χ3n) is 2.04. The largest absolute Gasteiger partial charge is 0.573 e. The summed E-state index contributed by atoms with van der Waals surface area (Å²) in [5, 5.41) is 3.12. The third-order valence-corrected chi connectivity index (χ3v) is 2.51. The normalized spacial score (nSPS) is 13.5. The van der Waals surface area contributed by atoms with Crippen molar-refractivity contribution in [3.8, 4) is 5.75 Å². The quantitative estimate of drug-likeness (QED) is 0.827. The molecule has 1 N–H and O–H groups in total. The summed E-state index contributed by atoms with van der Waals surface area (Å²) in [5.74, 6) is 0.265. The van der Waals surface area contributed by atoms with E-state index in [-0.39, 0.29) is 11.8 Å². The van der Waals surface area contributed by atoms with E-state index in [0.717, 1.165) is 5.56 Å². The van der Waals surface area contributed by atoms with E-state index in [1.54, 1.807) is 12.1 Å². The van der Waals surface area contributed by atoms with Crippen molar-refractivity contribution in [1.82, 2.24) is 5.32 Å². The average molecular weight is 268 g/mol. The number of halogens is 4. The van der Waals surface area contributed by atoms with Crippen LogP contribution in [0.5, 0.6) is 5.75 Å². The Morgan fingerprint density at radius 1 is 1.29 bits per heavy atom. The van der Waals surface area contributed by atoms with Crippen LogP contribution in [-0.4, -0.2) is 18.3 Å². The van der Waals surface area contributed by atoms with Crippen molar-refractivity contribution >= 4 is 11.6 Å². The summed E-state index contributed by atoms with van der Waals surface area (Å²) in [5.41, 5.74) is 0.872. The van der Waals surface area contributed by atoms with Gasteiger partial charge in [0, 0.05) is 18.5 Å². The molecule has 6 heteroatoms. The van der Waals surface area contributed by atoms with Crippen LogP contribution < -0.4 is 10.1 Å². The zero-order chi connectivity index (χ0) is 12.9. The van der Waals surface area contributed by atoms with Gasteiger partial charge in [-0.1, -0.05) is 12.1 Å². The lowest BCUT2D eigenvalue weighted by Gasteiger charge is -2.11. The van der Waals surface area contributed by atoms with Gasteiger partial charge in [0.2, 0.25) is 0 Å². The number of alkyl halides is 4. The Morgan fingerprint density at radius 2 is 1.88 bits per heavy atom. The van der Waals surface area contributed by atoms with Crippen molar-refractivity contribution in [2.45, 2.75) is 25.9 Å². The maximum Gasteiger partial charge on any atom is 0.573 e. The highest BCUT2D eigenvalue weighted by Crippen LogP contribution is 2.22. The lowest BCUT2D eigenvalue weighted by Crippen LogP contribution is -2.26. The van der Waals surface area contributed by atoms with Crippen molar-refractivity contribution < 1.29 is 17.9 Å². The zero-order valence-electron chi connectivity index (χ0n) is 9.22. The number of hydrogen-bond acceptors (Lipinski definition) is 2. The summed E-state index contributed by atoms with van der Waals surface area (Å²) < 4.78 is 39.4. The molecule has 1 aromatic rings. The summed E-state index contributed by atoms with van der Waals surface area (Å²) >= 11 is 5.61. The van der Waals surface area contributed by atoms with Gasteiger partial charge in [0.1, 0.15) is 5.75 Å². The highest BCUT2D eigenvalue weighted by atomic mass is 35.5. The number of ether oxygens (including phenoxy) is 1. The molecular formula is C11H13ClF3NO. The minimum Gasteiger partial charge on any atom is -0.406 e. The summed E-state index contributed by atoms with van der Waals surface area (Å²) in [6, 6.07) is 5.89. The molecule has 0 aliphatic carbocycles. The van der Waals surface area contributed by atoms with Crippen LogP contribution in [0.15, 0.2) is 24.3 Å². The predicted molar refractivity (Wildman–Crippen MR) is 60.1 cm³/mol. The molecule has 0 saturated heterocycles. The molecule has 0 aliphatic rings. The first-order chi connectivity index (χ1) is 7.90. The molecule has 0 amide bonds. The third kappa shape index (κ3) is 5.79. The number of benzene rings is 1. The van der Waals surface area contributed by atoms with Gasteiger partial charge in [0.25, 0.3) is 0 Å². The maximum atomic E-state index is 11.9. The van der Waals surface area contributed by atoms with Crippen molar-refractivity contribution in [2.24, 2.45) is 0 Å². The van der Waals surface area contributed by atoms with Crippen LogP contribution in [0.4, 0.5) is 13.2 Å². The summed E-state index contributed by atoms with van der Waals surface area (Å²) in [6.45, 7) is 2.48. The number of nitrogens with one attached hydrogen (secondary N) is 1. The fraction of sp³-hybridized carbons (Fsp3) is 0.455. The van der Waals surface area contributed by atoms with Gasteiger partial charge < -0.3 is 10.1 Å². The Hall–Kier alpha value is -0.940. The van der Waals surface area contributed by atoms with Crippen molar-refractivity contribution in [3.63, 3.8) is 0 Å². The minimum atomic E-state index is -4.65. The van der Waals surface area contributed by atoms with Gasteiger partial charge in [-0.25, -0.2) is 0 Å². The van der Waals surface area contributed by atoms with Gasteiger partial charge in [0.15, 0.2) is 0 Å². The molecule has 1 aromatic carbocycles. The first kappa shape index (κ1) is 14.1. The maximum absolute atomic E-state index is 11.9. The van der Waals surface area contributed by atoms with E-state index in [4.69, 9.17) is 11.6 Å². The molecule has 0 radical (unpaired) electrons. The average Bonchev–Trinajstić information content (AvgIpc) is 2.25. The Balaban J connectivity index is 2.50. The molecule has 0 saturated carbocycles. The molecule has 0 bridgehead atoms. The van der Waals surface area contributed by atoms with E-state index in [2.05, 4.69) is 10.1 Å². The second-order valence-corrected chi connectivity index (χ2v) is 3.94. The smallest absolute Gasteiger partial charge is 0.406 e. The molecule has 17 heavy (non-hydrogen) atoms. The van der Waals surface area contributed by atoms with E-state index in [1.807, 2.05) is 6.92 Å². The van der Waals surface area contributed by atoms with Gasteiger partial charge in [-0.05, 0) is 24.6 Å². The number of hydrogen-bond donors (Lipinski definition) is 1. The summed E-state index contributed by atoms with van der Waals surface area (Å²) in [7, 11) is 0. The molecule has 0 aromatic heterocycles. The Bertz CT molecular complexity index is 340. The molecule has 1 rings (SSSR count). The molecule has 1 atom stereocenters. The standard InChI is InChI=1S/C11H13ClF3NO/c1-8(6-12)16-7-9-2-4-10(5-3-9)17-11(13,14)15/h2-5,8,16H,6-7H2,1H3. The molecule has 1 unspecified atom stereocenters. The molecule has 0 aliphatic heterocycles.